The van der Waals surface area contributed by atoms with Crippen molar-refractivity contribution in [3.05, 3.63) is 24.3 Å². The average Bonchev–Trinajstić information content (AvgIpc) is 2.30. The summed E-state index contributed by atoms with van der Waals surface area (Å²) in [5, 5.41) is 2.76. The third-order valence-corrected chi connectivity index (χ3v) is 2.43. The number of isocyanates is 1. The Morgan fingerprint density at radius 2 is 2.06 bits per heavy atom. The molecule has 0 radical (unpaired) electrons. The first kappa shape index (κ1) is 10.4. The number of nitrogens with zero attached hydrogens (tertiary/aromatic N) is 2. The first-order valence-corrected chi connectivity index (χ1v) is 4.99. The van der Waals surface area contributed by atoms with E-state index in [-0.39, 0.29) is 5.91 Å². The maximum Gasteiger partial charge on any atom is 0.240 e. The highest BCUT2D eigenvalue weighted by atomic mass is 16.2. The average molecular weight is 217 g/mol. The zero-order valence-corrected chi connectivity index (χ0v) is 8.64. The molecule has 0 saturated carbocycles. The first-order chi connectivity index (χ1) is 7.79. The number of aliphatic imine (C=N–C) groups is 1. The van der Waals surface area contributed by atoms with Gasteiger partial charge in [-0.05, 0) is 24.3 Å². The summed E-state index contributed by atoms with van der Waals surface area (Å²) in [5.74, 6) is 0.0289. The van der Waals surface area contributed by atoms with Crippen LogP contribution in [0.4, 0.5) is 11.4 Å². The molecular formula is C11H11N3O2. The van der Waals surface area contributed by atoms with Crippen molar-refractivity contribution >= 4 is 23.4 Å². The van der Waals surface area contributed by atoms with Gasteiger partial charge in [0.2, 0.25) is 12.0 Å². The van der Waals surface area contributed by atoms with Crippen LogP contribution in [0, 0.1) is 0 Å². The Morgan fingerprint density at radius 3 is 2.69 bits per heavy atom. The van der Waals surface area contributed by atoms with Crippen molar-refractivity contribution in [2.75, 3.05) is 24.5 Å². The fourth-order valence-corrected chi connectivity index (χ4v) is 1.65. The van der Waals surface area contributed by atoms with Crippen molar-refractivity contribution in [2.45, 2.75) is 0 Å². The standard InChI is InChI=1S/C11H11N3O2/c15-8-13-9-1-3-10(4-2-9)14-6-5-12-11(16)7-14/h1-4H,5-7H2,(H,12,16). The predicted octanol–water partition coefficient (Wildman–Crippen LogP) is 0.590. The lowest BCUT2D eigenvalue weighted by Crippen LogP contribution is -2.47. The van der Waals surface area contributed by atoms with Crippen LogP contribution >= 0.6 is 0 Å². The summed E-state index contributed by atoms with van der Waals surface area (Å²) in [6.07, 6.45) is 1.49. The lowest BCUT2D eigenvalue weighted by molar-refractivity contribution is -0.120. The number of rotatable bonds is 2. The summed E-state index contributed by atoms with van der Waals surface area (Å²) >= 11 is 0. The molecule has 0 bridgehead atoms. The van der Waals surface area contributed by atoms with E-state index in [1.165, 1.54) is 6.08 Å². The summed E-state index contributed by atoms with van der Waals surface area (Å²) in [6, 6.07) is 7.14. The Bertz CT molecular complexity index is 435. The van der Waals surface area contributed by atoms with Crippen LogP contribution in [-0.4, -0.2) is 31.6 Å². The van der Waals surface area contributed by atoms with Crippen LogP contribution in [-0.2, 0) is 9.59 Å². The number of piperazine rings is 1. The van der Waals surface area contributed by atoms with Crippen LogP contribution in [0.15, 0.2) is 29.3 Å². The van der Waals surface area contributed by atoms with Crippen LogP contribution in [0.5, 0.6) is 0 Å². The molecule has 1 N–H and O–H groups in total. The lowest BCUT2D eigenvalue weighted by atomic mass is 10.2. The van der Waals surface area contributed by atoms with Gasteiger partial charge in [0.25, 0.3) is 0 Å². The second-order valence-electron chi connectivity index (χ2n) is 3.49. The van der Waals surface area contributed by atoms with E-state index in [4.69, 9.17) is 0 Å². The van der Waals surface area contributed by atoms with E-state index >= 15 is 0 Å². The van der Waals surface area contributed by atoms with Crippen LogP contribution < -0.4 is 10.2 Å². The van der Waals surface area contributed by atoms with Crippen molar-refractivity contribution in [2.24, 2.45) is 4.99 Å². The summed E-state index contributed by atoms with van der Waals surface area (Å²) in [4.78, 5) is 26.7. The number of nitrogens with one attached hydrogen (secondary N) is 1. The van der Waals surface area contributed by atoms with Crippen molar-refractivity contribution in [3.8, 4) is 0 Å². The normalized spacial score (nSPS) is 15.2. The first-order valence-electron chi connectivity index (χ1n) is 4.99. The Morgan fingerprint density at radius 1 is 1.31 bits per heavy atom. The molecule has 1 fully saturated rings. The van der Waals surface area contributed by atoms with Gasteiger partial charge in [0.15, 0.2) is 0 Å². The van der Waals surface area contributed by atoms with Gasteiger partial charge in [-0.3, -0.25) is 4.79 Å². The minimum absolute atomic E-state index is 0.0289. The van der Waals surface area contributed by atoms with Gasteiger partial charge in [0.05, 0.1) is 12.2 Å². The number of anilines is 1. The van der Waals surface area contributed by atoms with Gasteiger partial charge in [-0.15, -0.1) is 0 Å². The van der Waals surface area contributed by atoms with Gasteiger partial charge in [-0.25, -0.2) is 4.79 Å². The van der Waals surface area contributed by atoms with E-state index in [0.29, 0.717) is 18.8 Å². The number of amides is 1. The zero-order valence-electron chi connectivity index (χ0n) is 8.64. The van der Waals surface area contributed by atoms with Gasteiger partial charge in [0, 0.05) is 18.8 Å². The minimum atomic E-state index is 0.0289. The lowest BCUT2D eigenvalue weighted by Gasteiger charge is -2.28. The molecule has 0 spiro atoms. The number of benzene rings is 1. The third-order valence-electron chi connectivity index (χ3n) is 2.43. The monoisotopic (exact) mass is 217 g/mol. The smallest absolute Gasteiger partial charge is 0.240 e. The van der Waals surface area contributed by atoms with E-state index in [1.807, 2.05) is 17.0 Å². The maximum atomic E-state index is 11.2. The minimum Gasteiger partial charge on any atom is -0.360 e. The largest absolute Gasteiger partial charge is 0.360 e. The Balaban J connectivity index is 2.14. The molecule has 1 aliphatic heterocycles. The number of hydrogen-bond donors (Lipinski definition) is 1. The van der Waals surface area contributed by atoms with Gasteiger partial charge >= 0.3 is 0 Å². The van der Waals surface area contributed by atoms with E-state index in [2.05, 4.69) is 10.3 Å². The number of hydrogen-bond acceptors (Lipinski definition) is 4. The molecule has 0 atom stereocenters. The summed E-state index contributed by atoms with van der Waals surface area (Å²) in [7, 11) is 0. The number of carbonyl (C=O) groups is 1. The molecule has 0 unspecified atom stereocenters. The SMILES string of the molecule is O=C=Nc1ccc(N2CCNC(=O)C2)cc1. The van der Waals surface area contributed by atoms with Gasteiger partial charge in [-0.2, -0.15) is 4.99 Å². The maximum absolute atomic E-state index is 11.2. The van der Waals surface area contributed by atoms with E-state index in [0.717, 1.165) is 12.2 Å². The fraction of sp³-hybridized carbons (Fsp3) is 0.273. The molecule has 1 aliphatic rings. The molecule has 5 nitrogen and oxygen atoms in total. The molecule has 5 heteroatoms. The summed E-state index contributed by atoms with van der Waals surface area (Å²) in [5.41, 5.74) is 1.53. The van der Waals surface area contributed by atoms with E-state index < -0.39 is 0 Å². The molecule has 1 aromatic rings. The van der Waals surface area contributed by atoms with Crippen molar-refractivity contribution < 1.29 is 9.59 Å². The Hall–Kier alpha value is -2.13. The zero-order chi connectivity index (χ0) is 11.4. The second kappa shape index (κ2) is 4.59. The van der Waals surface area contributed by atoms with E-state index in [9.17, 15) is 9.59 Å². The van der Waals surface area contributed by atoms with Crippen LogP contribution in [0.2, 0.25) is 0 Å². The quantitative estimate of drug-likeness (QED) is 0.582. The van der Waals surface area contributed by atoms with Gasteiger partial charge in [-0.1, -0.05) is 0 Å². The highest BCUT2D eigenvalue weighted by Gasteiger charge is 2.15. The molecule has 1 heterocycles. The Kier molecular flexibility index (Phi) is 2.98. The van der Waals surface area contributed by atoms with Crippen molar-refractivity contribution in [3.63, 3.8) is 0 Å². The Labute approximate surface area is 92.8 Å². The topological polar surface area (TPSA) is 61.8 Å². The number of carbonyl (C=O) groups excluding carboxylic acids is 2. The van der Waals surface area contributed by atoms with Crippen molar-refractivity contribution in [1.29, 1.82) is 0 Å². The van der Waals surface area contributed by atoms with Crippen LogP contribution in [0.25, 0.3) is 0 Å². The molecule has 2 rings (SSSR count). The fourth-order valence-electron chi connectivity index (χ4n) is 1.65. The summed E-state index contributed by atoms with van der Waals surface area (Å²) < 4.78 is 0. The molecule has 0 aliphatic carbocycles. The molecular weight excluding hydrogens is 206 g/mol. The van der Waals surface area contributed by atoms with Crippen LogP contribution in [0.1, 0.15) is 0 Å². The molecule has 1 saturated heterocycles. The molecule has 1 aromatic carbocycles. The van der Waals surface area contributed by atoms with Gasteiger partial charge in [0.1, 0.15) is 0 Å². The van der Waals surface area contributed by atoms with Crippen LogP contribution in [0.3, 0.4) is 0 Å². The molecule has 0 aromatic heterocycles. The summed E-state index contributed by atoms with van der Waals surface area (Å²) in [6.45, 7) is 1.82. The third kappa shape index (κ3) is 2.27. The van der Waals surface area contributed by atoms with Gasteiger partial charge < -0.3 is 10.2 Å². The molecule has 16 heavy (non-hydrogen) atoms. The van der Waals surface area contributed by atoms with E-state index in [1.54, 1.807) is 12.1 Å². The van der Waals surface area contributed by atoms with Crippen molar-refractivity contribution in [1.82, 2.24) is 5.32 Å². The molecule has 82 valence electrons. The highest BCUT2D eigenvalue weighted by molar-refractivity contribution is 5.82. The predicted molar refractivity (Wildman–Crippen MR) is 59.4 cm³/mol. The molecule has 1 amide bonds. The highest BCUT2D eigenvalue weighted by Crippen LogP contribution is 2.19. The second-order valence-corrected chi connectivity index (χ2v) is 3.49.